The number of carbonyl (C=O) groups is 1. The minimum atomic E-state index is -0.301. The van der Waals surface area contributed by atoms with Crippen molar-refractivity contribution in [3.8, 4) is 5.69 Å². The predicted molar refractivity (Wildman–Crippen MR) is 126 cm³/mol. The van der Waals surface area contributed by atoms with Gasteiger partial charge in [0.05, 0.1) is 16.8 Å². The zero-order valence-corrected chi connectivity index (χ0v) is 19.3. The Labute approximate surface area is 185 Å². The summed E-state index contributed by atoms with van der Waals surface area (Å²) in [6.07, 6.45) is 8.16. The number of aromatic nitrogens is 2. The number of amides is 1. The maximum Gasteiger partial charge on any atom is 0.230 e. The molecule has 7 heteroatoms. The fraction of sp³-hybridized carbons (Fsp3) is 0.542. The lowest BCUT2D eigenvalue weighted by molar-refractivity contribution is -0.138. The van der Waals surface area contributed by atoms with Gasteiger partial charge in [0, 0.05) is 40.4 Å². The smallest absolute Gasteiger partial charge is 0.230 e. The van der Waals surface area contributed by atoms with Crippen LogP contribution in [0.5, 0.6) is 0 Å². The van der Waals surface area contributed by atoms with Crippen LogP contribution in [-0.4, -0.2) is 60.8 Å². The summed E-state index contributed by atoms with van der Waals surface area (Å²) < 4.78 is 1.95. The first-order valence-electron chi connectivity index (χ1n) is 11.2. The van der Waals surface area contributed by atoms with Gasteiger partial charge in [0.25, 0.3) is 0 Å². The molecule has 2 aromatic rings. The van der Waals surface area contributed by atoms with Gasteiger partial charge in [-0.1, -0.05) is 31.0 Å². The van der Waals surface area contributed by atoms with Crippen molar-refractivity contribution in [3.05, 3.63) is 47.8 Å². The Bertz CT molecular complexity index is 881. The van der Waals surface area contributed by atoms with Crippen LogP contribution in [0, 0.1) is 12.3 Å². The number of benzene rings is 1. The average molecular weight is 425 g/mol. The van der Waals surface area contributed by atoms with Gasteiger partial charge in [-0.2, -0.15) is 5.10 Å². The fourth-order valence-electron chi connectivity index (χ4n) is 4.41. The molecule has 0 unspecified atom stereocenters. The van der Waals surface area contributed by atoms with Gasteiger partial charge < -0.3 is 15.5 Å². The van der Waals surface area contributed by atoms with Crippen molar-refractivity contribution in [3.63, 3.8) is 0 Å². The number of hydrogen-bond donors (Lipinski definition) is 2. The summed E-state index contributed by atoms with van der Waals surface area (Å²) in [6.45, 7) is 3.50. The van der Waals surface area contributed by atoms with E-state index in [1.54, 1.807) is 11.9 Å². The van der Waals surface area contributed by atoms with Crippen LogP contribution < -0.4 is 10.6 Å². The van der Waals surface area contributed by atoms with Crippen molar-refractivity contribution in [1.29, 1.82) is 0 Å². The minimum absolute atomic E-state index is 0.221. The van der Waals surface area contributed by atoms with E-state index in [0.717, 1.165) is 62.4 Å². The number of aliphatic imine (C=N–C) groups is 1. The molecule has 0 bridgehead atoms. The topological polar surface area (TPSA) is 74.5 Å². The first kappa shape index (κ1) is 22.8. The molecule has 1 heterocycles. The fourth-order valence-corrected chi connectivity index (χ4v) is 4.41. The van der Waals surface area contributed by atoms with Gasteiger partial charge >= 0.3 is 0 Å². The van der Waals surface area contributed by atoms with Crippen molar-refractivity contribution in [2.75, 3.05) is 34.2 Å². The maximum absolute atomic E-state index is 12.7. The molecule has 1 aliphatic carbocycles. The molecule has 31 heavy (non-hydrogen) atoms. The second kappa shape index (κ2) is 10.5. The SMILES string of the molecule is CN=C(NCCCc1cn(-c2ccccc2)nc1C)NCC1(C(=O)N(C)C)CCCC1. The molecule has 1 fully saturated rings. The summed E-state index contributed by atoms with van der Waals surface area (Å²) in [5, 5.41) is 11.4. The number of rotatable bonds is 8. The molecule has 0 spiro atoms. The highest BCUT2D eigenvalue weighted by molar-refractivity contribution is 5.85. The zero-order chi connectivity index (χ0) is 22.3. The molecule has 1 aliphatic rings. The Morgan fingerprint density at radius 1 is 1.19 bits per heavy atom. The van der Waals surface area contributed by atoms with E-state index in [-0.39, 0.29) is 11.3 Å². The molecular formula is C24H36N6O. The van der Waals surface area contributed by atoms with Crippen LogP contribution in [0.15, 0.2) is 41.5 Å². The Hall–Kier alpha value is -2.83. The van der Waals surface area contributed by atoms with Crippen LogP contribution >= 0.6 is 0 Å². The van der Waals surface area contributed by atoms with Crippen LogP contribution in [0.3, 0.4) is 0 Å². The number of carbonyl (C=O) groups excluding carboxylic acids is 1. The first-order chi connectivity index (χ1) is 14.9. The number of para-hydroxylation sites is 1. The lowest BCUT2D eigenvalue weighted by atomic mass is 9.84. The molecule has 1 aromatic heterocycles. The van der Waals surface area contributed by atoms with E-state index in [0.29, 0.717) is 6.54 Å². The number of nitrogens with zero attached hydrogens (tertiary/aromatic N) is 4. The average Bonchev–Trinajstić information content (AvgIpc) is 3.41. The Kier molecular flexibility index (Phi) is 7.71. The molecule has 1 aromatic carbocycles. The number of guanidine groups is 1. The van der Waals surface area contributed by atoms with Crippen molar-refractivity contribution in [2.45, 2.75) is 45.4 Å². The molecule has 0 saturated heterocycles. The van der Waals surface area contributed by atoms with E-state index >= 15 is 0 Å². The van der Waals surface area contributed by atoms with Crippen molar-refractivity contribution < 1.29 is 4.79 Å². The van der Waals surface area contributed by atoms with E-state index in [9.17, 15) is 4.79 Å². The monoisotopic (exact) mass is 424 g/mol. The van der Waals surface area contributed by atoms with Gasteiger partial charge in [0.2, 0.25) is 5.91 Å². The number of aryl methyl sites for hydroxylation is 2. The highest BCUT2D eigenvalue weighted by atomic mass is 16.2. The first-order valence-corrected chi connectivity index (χ1v) is 11.2. The molecule has 1 saturated carbocycles. The van der Waals surface area contributed by atoms with Gasteiger partial charge in [-0.15, -0.1) is 0 Å². The second-order valence-corrected chi connectivity index (χ2v) is 8.66. The van der Waals surface area contributed by atoms with E-state index in [1.165, 1.54) is 5.56 Å². The number of hydrogen-bond acceptors (Lipinski definition) is 3. The molecule has 3 rings (SSSR count). The third-order valence-electron chi connectivity index (χ3n) is 6.17. The standard InChI is InChI=1S/C24H36N6O/c1-19-20(17-30(28-19)21-12-6-5-7-13-21)11-10-16-26-23(25-2)27-18-24(14-8-9-15-24)22(31)29(3)4/h5-7,12-13,17H,8-11,14-16,18H2,1-4H3,(H2,25,26,27). The molecule has 168 valence electrons. The summed E-state index contributed by atoms with van der Waals surface area (Å²) in [7, 11) is 5.47. The van der Waals surface area contributed by atoms with E-state index in [2.05, 4.69) is 46.0 Å². The van der Waals surface area contributed by atoms with Gasteiger partial charge in [-0.3, -0.25) is 9.79 Å². The highest BCUT2D eigenvalue weighted by Gasteiger charge is 2.42. The summed E-state index contributed by atoms with van der Waals surface area (Å²) in [6, 6.07) is 10.2. The van der Waals surface area contributed by atoms with Crippen molar-refractivity contribution in [1.82, 2.24) is 25.3 Å². The Morgan fingerprint density at radius 3 is 2.55 bits per heavy atom. The second-order valence-electron chi connectivity index (χ2n) is 8.66. The Morgan fingerprint density at radius 2 is 1.90 bits per heavy atom. The Balaban J connectivity index is 1.48. The van der Waals surface area contributed by atoms with Crippen LogP contribution in [-0.2, 0) is 11.2 Å². The normalized spacial score (nSPS) is 15.7. The number of nitrogens with one attached hydrogen (secondary N) is 2. The summed E-state index contributed by atoms with van der Waals surface area (Å²) in [5.74, 6) is 0.980. The molecule has 2 N–H and O–H groups in total. The predicted octanol–water partition coefficient (Wildman–Crippen LogP) is 2.93. The maximum atomic E-state index is 12.7. The van der Waals surface area contributed by atoms with Crippen LogP contribution in [0.25, 0.3) is 5.69 Å². The molecule has 0 radical (unpaired) electrons. The quantitative estimate of drug-likeness (QED) is 0.388. The largest absolute Gasteiger partial charge is 0.356 e. The summed E-state index contributed by atoms with van der Waals surface area (Å²) >= 11 is 0. The van der Waals surface area contributed by atoms with E-state index in [1.807, 2.05) is 37.0 Å². The van der Waals surface area contributed by atoms with Gasteiger partial charge in [0.1, 0.15) is 0 Å². The highest BCUT2D eigenvalue weighted by Crippen LogP contribution is 2.38. The lowest BCUT2D eigenvalue weighted by Crippen LogP contribution is -2.49. The third kappa shape index (κ3) is 5.66. The molecule has 0 aliphatic heterocycles. The minimum Gasteiger partial charge on any atom is -0.356 e. The van der Waals surface area contributed by atoms with E-state index in [4.69, 9.17) is 0 Å². The summed E-state index contributed by atoms with van der Waals surface area (Å²) in [4.78, 5) is 18.8. The summed E-state index contributed by atoms with van der Waals surface area (Å²) in [5.41, 5.74) is 3.10. The molecule has 7 nitrogen and oxygen atoms in total. The van der Waals surface area contributed by atoms with Gasteiger partial charge in [0.15, 0.2) is 5.96 Å². The van der Waals surface area contributed by atoms with Crippen molar-refractivity contribution >= 4 is 11.9 Å². The van der Waals surface area contributed by atoms with Crippen LogP contribution in [0.2, 0.25) is 0 Å². The molecule has 0 atom stereocenters. The molecular weight excluding hydrogens is 388 g/mol. The third-order valence-corrected chi connectivity index (χ3v) is 6.17. The van der Waals surface area contributed by atoms with Crippen LogP contribution in [0.1, 0.15) is 43.4 Å². The van der Waals surface area contributed by atoms with Crippen LogP contribution in [0.4, 0.5) is 0 Å². The molecule has 1 amide bonds. The zero-order valence-electron chi connectivity index (χ0n) is 19.3. The van der Waals surface area contributed by atoms with Gasteiger partial charge in [-0.25, -0.2) is 4.68 Å². The lowest BCUT2D eigenvalue weighted by Gasteiger charge is -2.31. The van der Waals surface area contributed by atoms with E-state index < -0.39 is 0 Å². The van der Waals surface area contributed by atoms with Crippen molar-refractivity contribution in [2.24, 2.45) is 10.4 Å². The van der Waals surface area contributed by atoms with Gasteiger partial charge in [-0.05, 0) is 50.3 Å².